The minimum Gasteiger partial charge on any atom is -0.497 e. The number of nitrogens with one attached hydrogen (secondary N) is 1. The first-order valence-electron chi connectivity index (χ1n) is 11.5. The Morgan fingerprint density at radius 2 is 1.74 bits per heavy atom. The van der Waals surface area contributed by atoms with Crippen LogP contribution in [0.4, 0.5) is 4.39 Å². The summed E-state index contributed by atoms with van der Waals surface area (Å²) in [4.78, 5) is 28.5. The van der Waals surface area contributed by atoms with Crippen LogP contribution in [0.5, 0.6) is 11.5 Å². The summed E-state index contributed by atoms with van der Waals surface area (Å²) in [7, 11) is 3.17. The highest BCUT2D eigenvalue weighted by Gasteiger charge is 2.42. The molecule has 1 aliphatic heterocycles. The zero-order valence-corrected chi connectivity index (χ0v) is 20.1. The van der Waals surface area contributed by atoms with Crippen LogP contribution in [0.3, 0.4) is 0 Å². The van der Waals surface area contributed by atoms with Crippen molar-refractivity contribution in [3.8, 4) is 11.5 Å². The number of carbonyl (C=O) groups excluding carboxylic acids is 2. The predicted molar refractivity (Wildman–Crippen MR) is 131 cm³/mol. The Labute approximate surface area is 204 Å². The molecule has 2 amide bonds. The largest absolute Gasteiger partial charge is 0.497 e. The second-order valence-corrected chi connectivity index (χ2v) is 8.69. The molecule has 1 fully saturated rings. The van der Waals surface area contributed by atoms with E-state index in [9.17, 15) is 14.0 Å². The smallest absolute Gasteiger partial charge is 0.254 e. The van der Waals surface area contributed by atoms with Crippen LogP contribution >= 0.6 is 0 Å². The number of amides is 2. The number of hydrogen-bond donors (Lipinski definition) is 1. The van der Waals surface area contributed by atoms with Crippen LogP contribution in [0, 0.1) is 18.7 Å². The van der Waals surface area contributed by atoms with Gasteiger partial charge in [0.1, 0.15) is 17.3 Å². The Kier molecular flexibility index (Phi) is 7.34. The van der Waals surface area contributed by atoms with Gasteiger partial charge in [0.25, 0.3) is 5.91 Å². The molecule has 4 rings (SSSR count). The van der Waals surface area contributed by atoms with Crippen molar-refractivity contribution in [2.45, 2.75) is 19.4 Å². The van der Waals surface area contributed by atoms with Gasteiger partial charge in [0.2, 0.25) is 5.91 Å². The molecule has 1 aliphatic rings. The van der Waals surface area contributed by atoms with E-state index in [2.05, 4.69) is 5.32 Å². The summed E-state index contributed by atoms with van der Waals surface area (Å²) in [5.74, 6) is -0.113. The van der Waals surface area contributed by atoms with Crippen molar-refractivity contribution in [2.75, 3.05) is 27.3 Å². The van der Waals surface area contributed by atoms with Crippen LogP contribution < -0.4 is 14.8 Å². The highest BCUT2D eigenvalue weighted by atomic mass is 19.1. The zero-order valence-electron chi connectivity index (χ0n) is 20.1. The molecular formula is C28H29FN2O4. The Morgan fingerprint density at radius 1 is 1.00 bits per heavy atom. The van der Waals surface area contributed by atoms with Crippen molar-refractivity contribution in [2.24, 2.45) is 5.92 Å². The molecule has 1 N–H and O–H groups in total. The summed E-state index contributed by atoms with van der Waals surface area (Å²) in [5.41, 5.74) is 3.11. The summed E-state index contributed by atoms with van der Waals surface area (Å²) in [6.45, 7) is 2.81. The van der Waals surface area contributed by atoms with E-state index in [0.29, 0.717) is 23.6 Å². The third-order valence-electron chi connectivity index (χ3n) is 6.54. The third kappa shape index (κ3) is 5.29. The second kappa shape index (κ2) is 10.6. The number of ether oxygens (including phenoxy) is 2. The Hall–Kier alpha value is -3.87. The van der Waals surface area contributed by atoms with Gasteiger partial charge in [0.05, 0.1) is 20.1 Å². The van der Waals surface area contributed by atoms with Crippen LogP contribution in [-0.2, 0) is 11.3 Å². The average molecular weight is 477 g/mol. The van der Waals surface area contributed by atoms with Crippen LogP contribution in [-0.4, -0.2) is 44.0 Å². The molecule has 0 saturated carbocycles. The topological polar surface area (TPSA) is 67.9 Å². The average Bonchev–Trinajstić information content (AvgIpc) is 3.33. The molecule has 0 bridgehead atoms. The number of aryl methyl sites for hydroxylation is 1. The maximum Gasteiger partial charge on any atom is 0.254 e. The molecule has 0 aliphatic carbocycles. The first kappa shape index (κ1) is 24.3. The summed E-state index contributed by atoms with van der Waals surface area (Å²) in [6.07, 6.45) is 0. The number of benzene rings is 3. The fourth-order valence-corrected chi connectivity index (χ4v) is 4.59. The lowest BCUT2D eigenvalue weighted by Crippen LogP contribution is -2.35. The van der Waals surface area contributed by atoms with E-state index < -0.39 is 5.92 Å². The Balaban J connectivity index is 1.63. The number of rotatable bonds is 7. The summed E-state index contributed by atoms with van der Waals surface area (Å²) in [5, 5.41) is 2.97. The number of halogens is 1. The van der Waals surface area contributed by atoms with E-state index in [1.165, 1.54) is 12.1 Å². The third-order valence-corrected chi connectivity index (χ3v) is 6.54. The van der Waals surface area contributed by atoms with Crippen molar-refractivity contribution in [1.29, 1.82) is 0 Å². The molecular weight excluding hydrogens is 447 g/mol. The Morgan fingerprint density at radius 3 is 2.43 bits per heavy atom. The standard InChI is InChI=1S/C28H29FN2O4/c1-18-6-4-5-7-22(18)28(33)31-16-24(23-14-21(34-2)12-13-26(23)35-3)25(17-31)27(32)30-15-19-8-10-20(29)11-9-19/h4-14,24-25H,15-17H2,1-3H3,(H,30,32)/t24-,25-/m1/s1. The number of hydrogen-bond acceptors (Lipinski definition) is 4. The number of carbonyl (C=O) groups is 2. The van der Waals surface area contributed by atoms with E-state index in [0.717, 1.165) is 16.7 Å². The SMILES string of the molecule is COc1ccc(OC)c([C@H]2CN(C(=O)c3ccccc3C)C[C@H]2C(=O)NCc2ccc(F)cc2)c1. The van der Waals surface area contributed by atoms with E-state index in [1.54, 1.807) is 43.4 Å². The van der Waals surface area contributed by atoms with Crippen LogP contribution in [0.15, 0.2) is 66.7 Å². The fourth-order valence-electron chi connectivity index (χ4n) is 4.59. The molecule has 0 spiro atoms. The molecule has 3 aromatic carbocycles. The van der Waals surface area contributed by atoms with Gasteiger partial charge >= 0.3 is 0 Å². The Bertz CT molecular complexity index is 1210. The van der Waals surface area contributed by atoms with Crippen molar-refractivity contribution in [1.82, 2.24) is 10.2 Å². The lowest BCUT2D eigenvalue weighted by molar-refractivity contribution is -0.125. The number of nitrogens with zero attached hydrogens (tertiary/aromatic N) is 1. The molecule has 1 heterocycles. The van der Waals surface area contributed by atoms with Gasteiger partial charge in [-0.3, -0.25) is 9.59 Å². The normalized spacial score (nSPS) is 17.2. The quantitative estimate of drug-likeness (QED) is 0.552. The molecule has 6 nitrogen and oxygen atoms in total. The highest BCUT2D eigenvalue weighted by Crippen LogP contribution is 2.40. The maximum atomic E-state index is 13.4. The highest BCUT2D eigenvalue weighted by molar-refractivity contribution is 5.96. The monoisotopic (exact) mass is 476 g/mol. The lowest BCUT2D eigenvalue weighted by Gasteiger charge is -2.21. The van der Waals surface area contributed by atoms with Gasteiger partial charge in [0.15, 0.2) is 0 Å². The number of methoxy groups -OCH3 is 2. The lowest BCUT2D eigenvalue weighted by atomic mass is 9.87. The van der Waals surface area contributed by atoms with Gasteiger partial charge in [-0.2, -0.15) is 0 Å². The first-order chi connectivity index (χ1) is 16.9. The first-order valence-corrected chi connectivity index (χ1v) is 11.5. The molecule has 3 aromatic rings. The van der Waals surface area contributed by atoms with Crippen molar-refractivity contribution in [3.63, 3.8) is 0 Å². The fraction of sp³-hybridized carbons (Fsp3) is 0.286. The van der Waals surface area contributed by atoms with Crippen LogP contribution in [0.25, 0.3) is 0 Å². The summed E-state index contributed by atoms with van der Waals surface area (Å²) >= 11 is 0. The molecule has 0 aromatic heterocycles. The summed E-state index contributed by atoms with van der Waals surface area (Å²) in [6, 6.07) is 18.9. The van der Waals surface area contributed by atoms with Gasteiger partial charge in [0, 0.05) is 36.7 Å². The van der Waals surface area contributed by atoms with Gasteiger partial charge in [-0.05, 0) is 54.4 Å². The van der Waals surface area contributed by atoms with E-state index in [1.807, 2.05) is 37.3 Å². The summed E-state index contributed by atoms with van der Waals surface area (Å²) < 4.78 is 24.3. The molecule has 2 atom stereocenters. The molecule has 7 heteroatoms. The number of likely N-dealkylation sites (tertiary alicyclic amines) is 1. The molecule has 182 valence electrons. The second-order valence-electron chi connectivity index (χ2n) is 8.69. The van der Waals surface area contributed by atoms with Crippen molar-refractivity contribution in [3.05, 3.63) is 94.8 Å². The maximum absolute atomic E-state index is 13.4. The molecule has 0 radical (unpaired) electrons. The van der Waals surface area contributed by atoms with Gasteiger partial charge in [-0.15, -0.1) is 0 Å². The minimum absolute atomic E-state index is 0.108. The van der Waals surface area contributed by atoms with E-state index in [4.69, 9.17) is 9.47 Å². The van der Waals surface area contributed by atoms with Crippen molar-refractivity contribution >= 4 is 11.8 Å². The van der Waals surface area contributed by atoms with Gasteiger partial charge in [-0.1, -0.05) is 30.3 Å². The van der Waals surface area contributed by atoms with Crippen molar-refractivity contribution < 1.29 is 23.5 Å². The van der Waals surface area contributed by atoms with Gasteiger partial charge < -0.3 is 19.7 Å². The molecule has 1 saturated heterocycles. The minimum atomic E-state index is -0.496. The van der Waals surface area contributed by atoms with E-state index >= 15 is 0 Å². The van der Waals surface area contributed by atoms with Crippen LogP contribution in [0.1, 0.15) is 33.0 Å². The predicted octanol–water partition coefficient (Wildman–Crippen LogP) is 4.32. The molecule has 35 heavy (non-hydrogen) atoms. The van der Waals surface area contributed by atoms with Gasteiger partial charge in [-0.25, -0.2) is 4.39 Å². The van der Waals surface area contributed by atoms with Crippen LogP contribution in [0.2, 0.25) is 0 Å². The zero-order chi connectivity index (χ0) is 24.9. The molecule has 0 unspecified atom stereocenters. The van der Waals surface area contributed by atoms with E-state index in [-0.39, 0.29) is 36.6 Å².